The Labute approximate surface area is 135 Å². The van der Waals surface area contributed by atoms with Crippen molar-refractivity contribution in [3.8, 4) is 5.75 Å². The van der Waals surface area contributed by atoms with E-state index in [-0.39, 0.29) is 5.91 Å². The van der Waals surface area contributed by atoms with Gasteiger partial charge in [-0.05, 0) is 72.5 Å². The molecule has 5 heteroatoms. The van der Waals surface area contributed by atoms with E-state index in [1.165, 1.54) is 0 Å². The number of amides is 1. The molecule has 1 fully saturated rings. The lowest BCUT2D eigenvalue weighted by Gasteiger charge is -2.31. The van der Waals surface area contributed by atoms with Gasteiger partial charge in [-0.2, -0.15) is 0 Å². The van der Waals surface area contributed by atoms with Crippen LogP contribution in [0.5, 0.6) is 5.75 Å². The second-order valence-corrected chi connectivity index (χ2v) is 6.29. The highest BCUT2D eigenvalue weighted by Crippen LogP contribution is 2.23. The Morgan fingerprint density at radius 2 is 2.14 bits per heavy atom. The molecule has 1 aromatic rings. The highest BCUT2D eigenvalue weighted by atomic mass is 79.9. The number of halogens is 1. The Morgan fingerprint density at radius 1 is 1.43 bits per heavy atom. The van der Waals surface area contributed by atoms with Crippen molar-refractivity contribution < 1.29 is 9.53 Å². The smallest absolute Gasteiger partial charge is 0.252 e. The number of methoxy groups -OCH3 is 1. The summed E-state index contributed by atoms with van der Waals surface area (Å²) in [5.41, 5.74) is 0.625. The molecule has 116 valence electrons. The molecule has 0 aliphatic carbocycles. The van der Waals surface area contributed by atoms with E-state index in [1.807, 2.05) is 12.1 Å². The molecule has 1 N–H and O–H groups in total. The fraction of sp³-hybridized carbons (Fsp3) is 0.562. The number of ether oxygens (including phenoxy) is 1. The van der Waals surface area contributed by atoms with Gasteiger partial charge >= 0.3 is 0 Å². The third-order valence-electron chi connectivity index (χ3n) is 4.12. The first-order chi connectivity index (χ1) is 10.1. The average molecular weight is 355 g/mol. The molecule has 0 aromatic heterocycles. The van der Waals surface area contributed by atoms with E-state index in [4.69, 9.17) is 4.74 Å². The minimum atomic E-state index is -0.0429. The van der Waals surface area contributed by atoms with Crippen molar-refractivity contribution in [2.45, 2.75) is 19.8 Å². The molecule has 1 aliphatic heterocycles. The summed E-state index contributed by atoms with van der Waals surface area (Å²) < 4.78 is 5.97. The third-order valence-corrected chi connectivity index (χ3v) is 4.82. The zero-order chi connectivity index (χ0) is 15.2. The van der Waals surface area contributed by atoms with Crippen molar-refractivity contribution in [2.24, 2.45) is 5.92 Å². The van der Waals surface area contributed by atoms with Gasteiger partial charge in [-0.25, -0.2) is 0 Å². The maximum atomic E-state index is 12.3. The van der Waals surface area contributed by atoms with Gasteiger partial charge in [0.15, 0.2) is 0 Å². The molecule has 21 heavy (non-hydrogen) atoms. The molecular weight excluding hydrogens is 332 g/mol. The summed E-state index contributed by atoms with van der Waals surface area (Å²) in [6.45, 7) is 6.35. The second-order valence-electron chi connectivity index (χ2n) is 5.43. The van der Waals surface area contributed by atoms with Crippen molar-refractivity contribution >= 4 is 21.8 Å². The van der Waals surface area contributed by atoms with Crippen LogP contribution in [-0.2, 0) is 0 Å². The lowest BCUT2D eigenvalue weighted by Crippen LogP contribution is -2.38. The summed E-state index contributed by atoms with van der Waals surface area (Å²) in [4.78, 5) is 14.7. The number of nitrogens with zero attached hydrogens (tertiary/aromatic N) is 1. The predicted octanol–water partition coefficient (Wildman–Crippen LogP) is 2.92. The van der Waals surface area contributed by atoms with Crippen LogP contribution in [0, 0.1) is 5.92 Å². The monoisotopic (exact) mass is 354 g/mol. The van der Waals surface area contributed by atoms with Gasteiger partial charge in [0, 0.05) is 11.0 Å². The Kier molecular flexibility index (Phi) is 6.06. The van der Waals surface area contributed by atoms with Gasteiger partial charge < -0.3 is 15.0 Å². The number of rotatable bonds is 5. The quantitative estimate of drug-likeness (QED) is 0.883. The maximum Gasteiger partial charge on any atom is 0.252 e. The fourth-order valence-electron chi connectivity index (χ4n) is 2.64. The van der Waals surface area contributed by atoms with E-state index in [2.05, 4.69) is 33.1 Å². The van der Waals surface area contributed by atoms with E-state index >= 15 is 0 Å². The average Bonchev–Trinajstić information content (AvgIpc) is 2.53. The van der Waals surface area contributed by atoms with Crippen molar-refractivity contribution in [1.82, 2.24) is 10.2 Å². The summed E-state index contributed by atoms with van der Waals surface area (Å²) in [7, 11) is 1.60. The zero-order valence-corrected chi connectivity index (χ0v) is 14.3. The highest BCUT2D eigenvalue weighted by Gasteiger charge is 2.19. The van der Waals surface area contributed by atoms with E-state index in [1.54, 1.807) is 13.2 Å². The van der Waals surface area contributed by atoms with E-state index < -0.39 is 0 Å². The van der Waals surface area contributed by atoms with Crippen molar-refractivity contribution in [3.63, 3.8) is 0 Å². The summed E-state index contributed by atoms with van der Waals surface area (Å²) in [5, 5.41) is 3.05. The number of hydrogen-bond acceptors (Lipinski definition) is 3. The Morgan fingerprint density at radius 3 is 2.76 bits per heavy atom. The first-order valence-corrected chi connectivity index (χ1v) is 8.27. The van der Waals surface area contributed by atoms with E-state index in [9.17, 15) is 4.79 Å². The van der Waals surface area contributed by atoms with Crippen LogP contribution < -0.4 is 10.1 Å². The molecule has 4 nitrogen and oxygen atoms in total. The van der Waals surface area contributed by atoms with Crippen LogP contribution in [0.3, 0.4) is 0 Å². The Bertz CT molecular complexity index is 485. The number of carbonyl (C=O) groups excluding carboxylic acids is 1. The summed E-state index contributed by atoms with van der Waals surface area (Å²) in [6.07, 6.45) is 2.32. The van der Waals surface area contributed by atoms with Crippen LogP contribution in [0.25, 0.3) is 0 Å². The van der Waals surface area contributed by atoms with Gasteiger partial charge in [-0.1, -0.05) is 6.92 Å². The van der Waals surface area contributed by atoms with Gasteiger partial charge in [0.1, 0.15) is 5.75 Å². The molecule has 0 bridgehead atoms. The van der Waals surface area contributed by atoms with Crippen LogP contribution in [0.4, 0.5) is 0 Å². The minimum Gasteiger partial charge on any atom is -0.497 e. The Hall–Kier alpha value is -1.07. The standard InChI is InChI=1S/C16H23BrN2O2/c1-3-19-8-6-12(7-9-19)11-18-16(20)14-10-13(21-2)4-5-15(14)17/h4-5,10,12H,3,6-9,11H2,1-2H3,(H,18,20). The largest absolute Gasteiger partial charge is 0.497 e. The van der Waals surface area contributed by atoms with Crippen molar-refractivity contribution in [1.29, 1.82) is 0 Å². The van der Waals surface area contributed by atoms with Gasteiger partial charge in [-0.3, -0.25) is 4.79 Å². The lowest BCUT2D eigenvalue weighted by molar-refractivity contribution is 0.0935. The topological polar surface area (TPSA) is 41.6 Å². The highest BCUT2D eigenvalue weighted by molar-refractivity contribution is 9.10. The maximum absolute atomic E-state index is 12.3. The van der Waals surface area contributed by atoms with Gasteiger partial charge in [-0.15, -0.1) is 0 Å². The molecule has 1 saturated heterocycles. The lowest BCUT2D eigenvalue weighted by atomic mass is 9.97. The van der Waals surface area contributed by atoms with Crippen LogP contribution >= 0.6 is 15.9 Å². The summed E-state index contributed by atoms with van der Waals surface area (Å²) >= 11 is 3.42. The number of likely N-dealkylation sites (tertiary alicyclic amines) is 1. The normalized spacial score (nSPS) is 16.7. The molecule has 0 unspecified atom stereocenters. The van der Waals surface area contributed by atoms with Crippen molar-refractivity contribution in [2.75, 3.05) is 33.3 Å². The number of piperidine rings is 1. The first kappa shape index (κ1) is 16.3. The zero-order valence-electron chi connectivity index (χ0n) is 12.7. The van der Waals surface area contributed by atoms with Crippen LogP contribution in [0.15, 0.2) is 22.7 Å². The third kappa shape index (κ3) is 4.45. The summed E-state index contributed by atoms with van der Waals surface area (Å²) in [6, 6.07) is 5.44. The molecule has 2 rings (SSSR count). The van der Waals surface area contributed by atoms with Crippen LogP contribution in [0.1, 0.15) is 30.1 Å². The van der Waals surface area contributed by atoms with Crippen molar-refractivity contribution in [3.05, 3.63) is 28.2 Å². The van der Waals surface area contributed by atoms with Gasteiger partial charge in [0.25, 0.3) is 5.91 Å². The van der Waals surface area contributed by atoms with Gasteiger partial charge in [0.2, 0.25) is 0 Å². The molecule has 1 amide bonds. The van der Waals surface area contributed by atoms with E-state index in [0.717, 1.165) is 43.5 Å². The predicted molar refractivity (Wildman–Crippen MR) is 87.9 cm³/mol. The minimum absolute atomic E-state index is 0.0429. The SMILES string of the molecule is CCN1CCC(CNC(=O)c2cc(OC)ccc2Br)CC1. The van der Waals surface area contributed by atoms with Crippen LogP contribution in [0.2, 0.25) is 0 Å². The Balaban J connectivity index is 1.87. The molecule has 0 spiro atoms. The molecule has 0 atom stereocenters. The molecule has 1 aromatic carbocycles. The molecule has 0 saturated carbocycles. The molecule has 1 aliphatic rings. The second kappa shape index (κ2) is 7.80. The number of hydrogen-bond donors (Lipinski definition) is 1. The van der Waals surface area contributed by atoms with Gasteiger partial charge in [0.05, 0.1) is 12.7 Å². The van der Waals surface area contributed by atoms with Crippen LogP contribution in [-0.4, -0.2) is 44.1 Å². The fourth-order valence-corrected chi connectivity index (χ4v) is 3.07. The van der Waals surface area contributed by atoms with E-state index in [0.29, 0.717) is 17.2 Å². The molecular formula is C16H23BrN2O2. The number of benzene rings is 1. The summed E-state index contributed by atoms with van der Waals surface area (Å²) in [5.74, 6) is 1.24. The molecule has 1 heterocycles. The molecule has 0 radical (unpaired) electrons. The number of nitrogens with one attached hydrogen (secondary N) is 1. The first-order valence-electron chi connectivity index (χ1n) is 7.48. The number of carbonyl (C=O) groups is 1.